The summed E-state index contributed by atoms with van der Waals surface area (Å²) in [5.74, 6) is 0. The van der Waals surface area contributed by atoms with E-state index >= 15 is 0 Å². The number of hydrogen-bond donors (Lipinski definition) is 1. The lowest BCUT2D eigenvalue weighted by molar-refractivity contribution is 1.24. The first-order valence-electron chi connectivity index (χ1n) is 4.30. The van der Waals surface area contributed by atoms with Crippen LogP contribution >= 0.6 is 0 Å². The molecule has 1 aromatic heterocycles. The van der Waals surface area contributed by atoms with Gasteiger partial charge in [-0.1, -0.05) is 0 Å². The molecule has 12 heavy (non-hydrogen) atoms. The van der Waals surface area contributed by atoms with Gasteiger partial charge < -0.3 is 5.41 Å². The van der Waals surface area contributed by atoms with Gasteiger partial charge in [-0.05, 0) is 24.6 Å². The van der Waals surface area contributed by atoms with Gasteiger partial charge in [0.25, 0.3) is 0 Å². The molecular formula is C9H11N3. The maximum Gasteiger partial charge on any atom is 0.0810 e. The van der Waals surface area contributed by atoms with E-state index in [1.54, 1.807) is 18.5 Å². The number of aryl methyl sites for hydroxylation is 1. The van der Waals surface area contributed by atoms with E-state index in [0.29, 0.717) is 6.54 Å². The zero-order chi connectivity index (χ0) is 9.52. The average Bonchev–Trinajstić information content (AvgIpc) is 2.19. The van der Waals surface area contributed by atoms with Crippen LogP contribution < -0.4 is 0 Å². The first kappa shape index (κ1) is 7.16. The highest BCUT2D eigenvalue weighted by Gasteiger charge is 1.87. The zero-order valence-electron chi connectivity index (χ0n) is 7.70. The average molecular weight is 163 g/mol. The summed E-state index contributed by atoms with van der Waals surface area (Å²) in [5.41, 5.74) is 1.66. The molecule has 0 fully saturated rings. The van der Waals surface area contributed by atoms with Crippen molar-refractivity contribution in [2.24, 2.45) is 4.99 Å². The second-order valence-corrected chi connectivity index (χ2v) is 2.29. The van der Waals surface area contributed by atoms with Crippen molar-refractivity contribution in [3.63, 3.8) is 0 Å². The van der Waals surface area contributed by atoms with Gasteiger partial charge in [-0.2, -0.15) is 0 Å². The van der Waals surface area contributed by atoms with Crippen molar-refractivity contribution in [1.82, 2.24) is 4.98 Å². The number of pyridine rings is 1. The Labute approximate surface area is 73.1 Å². The molecule has 0 radical (unpaired) electrons. The van der Waals surface area contributed by atoms with Crippen LogP contribution in [0.25, 0.3) is 0 Å². The molecule has 0 amide bonds. The van der Waals surface area contributed by atoms with E-state index in [2.05, 4.69) is 9.98 Å². The molecule has 0 spiro atoms. The summed E-state index contributed by atoms with van der Waals surface area (Å²) in [5, 5.41) is 6.76. The second-order valence-electron chi connectivity index (χ2n) is 2.29. The normalized spacial score (nSPS) is 11.5. The first-order chi connectivity index (χ1) is 6.36. The van der Waals surface area contributed by atoms with Crippen LogP contribution in [0.3, 0.4) is 0 Å². The van der Waals surface area contributed by atoms with Crippen LogP contribution in [0.4, 0.5) is 0 Å². The van der Waals surface area contributed by atoms with Crippen molar-refractivity contribution < 1.29 is 1.37 Å². The minimum atomic E-state index is 0.258. The third-order valence-electron chi connectivity index (χ3n) is 1.27. The summed E-state index contributed by atoms with van der Waals surface area (Å²) in [6.07, 6.45) is 4.50. The van der Waals surface area contributed by atoms with Crippen LogP contribution in [0.1, 0.15) is 12.6 Å². The van der Waals surface area contributed by atoms with Gasteiger partial charge in [0, 0.05) is 20.0 Å². The molecule has 0 saturated heterocycles. The van der Waals surface area contributed by atoms with E-state index in [-0.39, 0.29) is 6.90 Å². The number of nitrogens with one attached hydrogen (secondary N) is 1. The smallest absolute Gasteiger partial charge is 0.0810 e. The van der Waals surface area contributed by atoms with Crippen LogP contribution in [0.2, 0.25) is 0 Å². The molecule has 1 N–H and O–H groups in total. The summed E-state index contributed by atoms with van der Waals surface area (Å²) in [4.78, 5) is 8.00. The molecule has 0 bridgehead atoms. The van der Waals surface area contributed by atoms with E-state index < -0.39 is 0 Å². The second kappa shape index (κ2) is 4.38. The molecule has 3 heteroatoms. The fraction of sp³-hybridized carbons (Fsp3) is 0.222. The molecule has 0 aromatic carbocycles. The van der Waals surface area contributed by atoms with Crippen LogP contribution in [0, 0.1) is 12.3 Å². The predicted octanol–water partition coefficient (Wildman–Crippen LogP) is 1.46. The maximum absolute atomic E-state index is 7.15. The van der Waals surface area contributed by atoms with Crippen molar-refractivity contribution >= 4 is 12.4 Å². The molecule has 1 rings (SSSR count). The van der Waals surface area contributed by atoms with Crippen molar-refractivity contribution in [1.29, 1.82) is 5.41 Å². The fourth-order valence-electron chi connectivity index (χ4n) is 0.764. The molecule has 0 unspecified atom stereocenters. The van der Waals surface area contributed by atoms with E-state index in [1.165, 1.54) is 6.21 Å². The molecular weight excluding hydrogens is 150 g/mol. The lowest BCUT2D eigenvalue weighted by Gasteiger charge is -1.92. The Hall–Kier alpha value is -1.51. The van der Waals surface area contributed by atoms with Gasteiger partial charge in [-0.15, -0.1) is 0 Å². The van der Waals surface area contributed by atoms with Crippen molar-refractivity contribution in [3.05, 3.63) is 29.6 Å². The Morgan fingerprint density at radius 2 is 2.75 bits per heavy atom. The highest BCUT2D eigenvalue weighted by Crippen LogP contribution is 1.96. The van der Waals surface area contributed by atoms with Gasteiger partial charge in [0.2, 0.25) is 0 Å². The lowest BCUT2D eigenvalue weighted by Crippen LogP contribution is -1.89. The minimum absolute atomic E-state index is 0.258. The topological polar surface area (TPSA) is 49.1 Å². The van der Waals surface area contributed by atoms with Gasteiger partial charge >= 0.3 is 0 Å². The summed E-state index contributed by atoms with van der Waals surface area (Å²) in [6.45, 7) is 0.640. The van der Waals surface area contributed by atoms with E-state index in [4.69, 9.17) is 6.78 Å². The summed E-state index contributed by atoms with van der Waals surface area (Å²) in [6, 6.07) is 3.63. The number of aromatic nitrogens is 1. The van der Waals surface area contributed by atoms with Crippen LogP contribution in [0.5, 0.6) is 0 Å². The number of nitrogens with zero attached hydrogens (tertiary/aromatic N) is 2. The van der Waals surface area contributed by atoms with Crippen molar-refractivity contribution in [2.75, 3.05) is 6.54 Å². The Morgan fingerprint density at radius 1 is 1.83 bits per heavy atom. The van der Waals surface area contributed by atoms with E-state index in [1.807, 2.05) is 6.07 Å². The number of aliphatic imine (C=N–C) groups is 1. The third-order valence-corrected chi connectivity index (χ3v) is 1.27. The van der Waals surface area contributed by atoms with Gasteiger partial charge in [0.15, 0.2) is 0 Å². The quantitative estimate of drug-likeness (QED) is 0.674. The molecule has 1 heterocycles. The van der Waals surface area contributed by atoms with Crippen LogP contribution in [-0.4, -0.2) is 24.0 Å². The molecule has 0 atom stereocenters. The fourth-order valence-corrected chi connectivity index (χ4v) is 0.764. The summed E-state index contributed by atoms with van der Waals surface area (Å²) in [7, 11) is 0. The van der Waals surface area contributed by atoms with E-state index in [0.717, 1.165) is 11.3 Å². The summed E-state index contributed by atoms with van der Waals surface area (Å²) < 4.78 is 7.15. The van der Waals surface area contributed by atoms with Crippen molar-refractivity contribution in [2.45, 2.75) is 6.90 Å². The van der Waals surface area contributed by atoms with Gasteiger partial charge in [-0.25, -0.2) is 0 Å². The highest BCUT2D eigenvalue weighted by atomic mass is 14.7. The SMILES string of the molecule is [3H]Cc1ccnc(C=NCC=N)c1. The molecule has 3 nitrogen and oxygen atoms in total. The molecule has 1 aromatic rings. The lowest BCUT2D eigenvalue weighted by atomic mass is 10.2. The largest absolute Gasteiger partial charge is 0.311 e. The molecule has 0 aliphatic heterocycles. The van der Waals surface area contributed by atoms with Gasteiger partial charge in [-0.3, -0.25) is 9.98 Å². The van der Waals surface area contributed by atoms with Crippen LogP contribution in [-0.2, 0) is 0 Å². The molecule has 0 aliphatic rings. The highest BCUT2D eigenvalue weighted by molar-refractivity contribution is 5.78. The van der Waals surface area contributed by atoms with Gasteiger partial charge in [0.1, 0.15) is 0 Å². The Morgan fingerprint density at radius 3 is 3.50 bits per heavy atom. The molecule has 0 saturated carbocycles. The molecule has 62 valence electrons. The first-order valence-corrected chi connectivity index (χ1v) is 3.59. The summed E-state index contributed by atoms with van der Waals surface area (Å²) >= 11 is 0. The number of rotatable bonds is 3. The predicted molar refractivity (Wildman–Crippen MR) is 50.2 cm³/mol. The Kier molecular flexibility index (Phi) is 2.61. The van der Waals surface area contributed by atoms with Crippen LogP contribution in [0.15, 0.2) is 23.3 Å². The monoisotopic (exact) mass is 163 g/mol. The Balaban J connectivity index is 2.71. The Bertz CT molecular complexity index is 309. The van der Waals surface area contributed by atoms with Gasteiger partial charge in [0.05, 0.1) is 12.2 Å². The standard InChI is InChI=1S/C9H11N3/c1-8-2-4-12-9(6-8)7-11-5-3-10/h2-4,6-7,10H,5H2,1H3/i1T. The third kappa shape index (κ3) is 2.62. The number of hydrogen-bond acceptors (Lipinski definition) is 3. The van der Waals surface area contributed by atoms with E-state index in [9.17, 15) is 0 Å². The minimum Gasteiger partial charge on any atom is -0.311 e. The maximum atomic E-state index is 7.15. The van der Waals surface area contributed by atoms with Crippen molar-refractivity contribution in [3.8, 4) is 0 Å². The zero-order valence-corrected chi connectivity index (χ0v) is 6.70. The molecule has 0 aliphatic carbocycles.